The number of ether oxygens (including phenoxy) is 2. The fraction of sp³-hybridized carbons (Fsp3) is 0.941. The Kier molecular flexibility index (Phi) is 4.85. The van der Waals surface area contributed by atoms with Crippen molar-refractivity contribution in [3.8, 4) is 0 Å². The van der Waals surface area contributed by atoms with E-state index in [0.717, 1.165) is 39.0 Å². The van der Waals surface area contributed by atoms with Crippen molar-refractivity contribution in [2.24, 2.45) is 5.92 Å². The Morgan fingerprint density at radius 3 is 2.86 bits per heavy atom. The molecule has 0 amide bonds. The highest BCUT2D eigenvalue weighted by molar-refractivity contribution is 5.72. The molecular formula is C17H29NO3. The summed E-state index contributed by atoms with van der Waals surface area (Å²) in [6.07, 6.45) is 9.50. The van der Waals surface area contributed by atoms with E-state index in [1.54, 1.807) is 0 Å². The quantitative estimate of drug-likeness (QED) is 0.751. The van der Waals surface area contributed by atoms with Gasteiger partial charge in [0.25, 0.3) is 0 Å². The van der Waals surface area contributed by atoms with Gasteiger partial charge >= 0.3 is 5.97 Å². The van der Waals surface area contributed by atoms with Crippen molar-refractivity contribution >= 4 is 5.97 Å². The van der Waals surface area contributed by atoms with Crippen LogP contribution in [0.25, 0.3) is 0 Å². The molecule has 3 aliphatic rings. The molecule has 2 aliphatic heterocycles. The first kappa shape index (κ1) is 15.3. The van der Waals surface area contributed by atoms with Crippen molar-refractivity contribution < 1.29 is 14.3 Å². The molecule has 2 unspecified atom stereocenters. The van der Waals surface area contributed by atoms with Gasteiger partial charge in [-0.3, -0.25) is 9.69 Å². The largest absolute Gasteiger partial charge is 0.466 e. The molecule has 2 atom stereocenters. The van der Waals surface area contributed by atoms with Gasteiger partial charge in [0, 0.05) is 19.2 Å². The number of likely N-dealkylation sites (tertiary alicyclic amines) is 1. The predicted octanol–water partition coefficient (Wildman–Crippen LogP) is 2.75. The van der Waals surface area contributed by atoms with E-state index in [4.69, 9.17) is 9.47 Å². The Morgan fingerprint density at radius 1 is 1.29 bits per heavy atom. The lowest BCUT2D eigenvalue weighted by Crippen LogP contribution is -2.51. The van der Waals surface area contributed by atoms with Gasteiger partial charge in [0.2, 0.25) is 0 Å². The number of hydrogen-bond acceptors (Lipinski definition) is 4. The van der Waals surface area contributed by atoms with Crippen molar-refractivity contribution in [2.45, 2.75) is 69.9 Å². The summed E-state index contributed by atoms with van der Waals surface area (Å²) < 4.78 is 11.4. The number of esters is 1. The van der Waals surface area contributed by atoms with Crippen molar-refractivity contribution in [2.75, 3.05) is 26.3 Å². The molecule has 4 nitrogen and oxygen atoms in total. The maximum atomic E-state index is 12.0. The lowest BCUT2D eigenvalue weighted by atomic mass is 9.86. The van der Waals surface area contributed by atoms with E-state index in [0.29, 0.717) is 12.6 Å². The zero-order valence-corrected chi connectivity index (χ0v) is 13.3. The molecule has 2 heterocycles. The highest BCUT2D eigenvalue weighted by Gasteiger charge is 2.42. The van der Waals surface area contributed by atoms with Crippen molar-refractivity contribution in [3.63, 3.8) is 0 Å². The van der Waals surface area contributed by atoms with Crippen LogP contribution in [-0.2, 0) is 14.3 Å². The first-order valence-corrected chi connectivity index (χ1v) is 8.77. The van der Waals surface area contributed by atoms with E-state index in [-0.39, 0.29) is 17.5 Å². The number of carbonyl (C=O) groups is 1. The molecule has 1 aliphatic carbocycles. The molecule has 1 saturated carbocycles. The lowest BCUT2D eigenvalue weighted by molar-refractivity contribution is -0.151. The number of piperidine rings is 1. The second-order valence-electron chi connectivity index (χ2n) is 6.97. The summed E-state index contributed by atoms with van der Waals surface area (Å²) in [6.45, 7) is 5.30. The van der Waals surface area contributed by atoms with E-state index >= 15 is 0 Å². The number of hydrogen-bond donors (Lipinski definition) is 0. The van der Waals surface area contributed by atoms with Crippen LogP contribution >= 0.6 is 0 Å². The van der Waals surface area contributed by atoms with E-state index in [1.807, 2.05) is 6.92 Å². The van der Waals surface area contributed by atoms with Gasteiger partial charge in [-0.05, 0) is 52.0 Å². The molecule has 0 aromatic rings. The molecule has 0 aromatic heterocycles. The SMILES string of the molecule is CCOC(=O)C1CCCN(C2CCOC3(CCCC3)C2)C1. The fourth-order valence-corrected chi connectivity index (χ4v) is 4.47. The molecule has 1 spiro atoms. The second-order valence-corrected chi connectivity index (χ2v) is 6.97. The fourth-order valence-electron chi connectivity index (χ4n) is 4.47. The Balaban J connectivity index is 1.59. The van der Waals surface area contributed by atoms with Crippen molar-refractivity contribution in [1.82, 2.24) is 4.90 Å². The summed E-state index contributed by atoms with van der Waals surface area (Å²) >= 11 is 0. The second kappa shape index (κ2) is 6.66. The minimum atomic E-state index is 0.00448. The van der Waals surface area contributed by atoms with Crippen LogP contribution in [0.1, 0.15) is 58.3 Å². The average molecular weight is 295 g/mol. The van der Waals surface area contributed by atoms with Crippen LogP contribution in [0.15, 0.2) is 0 Å². The minimum absolute atomic E-state index is 0.00448. The zero-order chi connectivity index (χ0) is 14.7. The number of rotatable bonds is 3. The van der Waals surface area contributed by atoms with Crippen molar-refractivity contribution in [1.29, 1.82) is 0 Å². The summed E-state index contributed by atoms with van der Waals surface area (Å²) in [5, 5.41) is 0. The number of carbonyl (C=O) groups excluding carboxylic acids is 1. The maximum Gasteiger partial charge on any atom is 0.310 e. The highest BCUT2D eigenvalue weighted by Crippen LogP contribution is 2.41. The third-order valence-electron chi connectivity index (χ3n) is 5.57. The van der Waals surface area contributed by atoms with Crippen LogP contribution in [-0.4, -0.2) is 48.8 Å². The van der Waals surface area contributed by atoms with Gasteiger partial charge in [-0.25, -0.2) is 0 Å². The lowest BCUT2D eigenvalue weighted by Gasteiger charge is -2.45. The highest BCUT2D eigenvalue weighted by atomic mass is 16.5. The van der Waals surface area contributed by atoms with Gasteiger partial charge in [-0.2, -0.15) is 0 Å². The third kappa shape index (κ3) is 3.42. The van der Waals surface area contributed by atoms with Crippen LogP contribution in [0.2, 0.25) is 0 Å². The summed E-state index contributed by atoms with van der Waals surface area (Å²) in [6, 6.07) is 0.606. The van der Waals surface area contributed by atoms with Gasteiger partial charge in [-0.1, -0.05) is 12.8 Å². The number of nitrogens with zero attached hydrogens (tertiary/aromatic N) is 1. The van der Waals surface area contributed by atoms with Crippen LogP contribution < -0.4 is 0 Å². The van der Waals surface area contributed by atoms with Gasteiger partial charge in [0.1, 0.15) is 0 Å². The first-order valence-electron chi connectivity index (χ1n) is 8.77. The Bertz CT molecular complexity index is 365. The molecular weight excluding hydrogens is 266 g/mol. The van der Waals surface area contributed by atoms with Gasteiger partial charge in [0.05, 0.1) is 18.1 Å². The summed E-state index contributed by atoms with van der Waals surface area (Å²) in [7, 11) is 0. The van der Waals surface area contributed by atoms with E-state index in [1.165, 1.54) is 32.1 Å². The Hall–Kier alpha value is -0.610. The smallest absolute Gasteiger partial charge is 0.310 e. The molecule has 4 heteroatoms. The molecule has 21 heavy (non-hydrogen) atoms. The van der Waals surface area contributed by atoms with E-state index in [9.17, 15) is 4.79 Å². The molecule has 0 radical (unpaired) electrons. The Morgan fingerprint density at radius 2 is 2.10 bits per heavy atom. The predicted molar refractivity (Wildman–Crippen MR) is 81.1 cm³/mol. The monoisotopic (exact) mass is 295 g/mol. The molecule has 0 aromatic carbocycles. The topological polar surface area (TPSA) is 38.8 Å². The molecule has 0 bridgehead atoms. The minimum Gasteiger partial charge on any atom is -0.466 e. The zero-order valence-electron chi connectivity index (χ0n) is 13.3. The molecule has 120 valence electrons. The molecule has 2 saturated heterocycles. The Labute approximate surface area is 128 Å². The van der Waals surface area contributed by atoms with Crippen molar-refractivity contribution in [3.05, 3.63) is 0 Å². The first-order chi connectivity index (χ1) is 10.2. The maximum absolute atomic E-state index is 12.0. The standard InChI is InChI=1S/C17H29NO3/c1-2-20-16(19)14-6-5-10-18(13-14)15-7-11-21-17(12-15)8-3-4-9-17/h14-15H,2-13H2,1H3. The van der Waals surface area contributed by atoms with E-state index < -0.39 is 0 Å². The van der Waals surface area contributed by atoms with Gasteiger partial charge < -0.3 is 9.47 Å². The normalized spacial score (nSPS) is 33.2. The summed E-state index contributed by atoms with van der Waals surface area (Å²) in [5.74, 6) is 0.0888. The molecule has 3 fully saturated rings. The third-order valence-corrected chi connectivity index (χ3v) is 5.57. The van der Waals surface area contributed by atoms with Crippen LogP contribution in [0.3, 0.4) is 0 Å². The van der Waals surface area contributed by atoms with Gasteiger partial charge in [0.15, 0.2) is 0 Å². The average Bonchev–Trinajstić information content (AvgIpc) is 2.95. The van der Waals surface area contributed by atoms with Crippen LogP contribution in [0.4, 0.5) is 0 Å². The van der Waals surface area contributed by atoms with E-state index in [2.05, 4.69) is 4.90 Å². The molecule has 3 rings (SSSR count). The molecule has 0 N–H and O–H groups in total. The van der Waals surface area contributed by atoms with Crippen LogP contribution in [0.5, 0.6) is 0 Å². The summed E-state index contributed by atoms with van der Waals surface area (Å²) in [4.78, 5) is 14.6. The summed E-state index contributed by atoms with van der Waals surface area (Å²) in [5.41, 5.74) is 0.166. The van der Waals surface area contributed by atoms with Crippen LogP contribution in [0, 0.1) is 5.92 Å². The van der Waals surface area contributed by atoms with Gasteiger partial charge in [-0.15, -0.1) is 0 Å².